The van der Waals surface area contributed by atoms with Crippen molar-refractivity contribution in [1.82, 2.24) is 14.8 Å². The number of hydrogen-bond donors (Lipinski definition) is 1. The van der Waals surface area contributed by atoms with Gasteiger partial charge in [-0.05, 0) is 51.5 Å². The monoisotopic (exact) mass is 508 g/mol. The summed E-state index contributed by atoms with van der Waals surface area (Å²) in [6.07, 6.45) is -0.362. The standard InChI is InChI=1S/C22H25ClN4O4S2/c1-6-27-19(13(3)31-16-9-7-8-15(23)10-16)25-26-22(27)32-11-17(28)24-20-18(21(29)30-5)12(2)14(4)33-20/h7-10,13H,6,11H2,1-5H3,(H,24,28). The molecule has 11 heteroatoms. The zero-order valence-electron chi connectivity index (χ0n) is 19.0. The normalized spacial score (nSPS) is 11.8. The van der Waals surface area contributed by atoms with Gasteiger partial charge in [0.05, 0.1) is 18.4 Å². The molecule has 1 unspecified atom stereocenters. The number of ether oxygens (including phenoxy) is 2. The first kappa shape index (κ1) is 25.1. The molecular formula is C22H25ClN4O4S2. The summed E-state index contributed by atoms with van der Waals surface area (Å²) in [7, 11) is 1.32. The summed E-state index contributed by atoms with van der Waals surface area (Å²) in [6.45, 7) is 8.21. The first-order chi connectivity index (χ1) is 15.7. The molecule has 1 amide bonds. The summed E-state index contributed by atoms with van der Waals surface area (Å²) < 4.78 is 12.7. The molecule has 33 heavy (non-hydrogen) atoms. The third-order valence-electron chi connectivity index (χ3n) is 4.89. The van der Waals surface area contributed by atoms with Crippen LogP contribution in [0.1, 0.15) is 46.6 Å². The molecule has 1 N–H and O–H groups in total. The summed E-state index contributed by atoms with van der Waals surface area (Å²) >= 11 is 8.65. The summed E-state index contributed by atoms with van der Waals surface area (Å²) in [5.74, 6) is 0.680. The Labute approximate surface area is 205 Å². The van der Waals surface area contributed by atoms with E-state index < -0.39 is 5.97 Å². The van der Waals surface area contributed by atoms with Crippen LogP contribution >= 0.6 is 34.7 Å². The van der Waals surface area contributed by atoms with E-state index in [1.54, 1.807) is 12.1 Å². The Hall–Kier alpha value is -2.56. The van der Waals surface area contributed by atoms with Gasteiger partial charge in [-0.1, -0.05) is 29.4 Å². The maximum absolute atomic E-state index is 12.6. The SMILES string of the molecule is CCn1c(SCC(=O)Nc2sc(C)c(C)c2C(=O)OC)nnc1C(C)Oc1cccc(Cl)c1. The van der Waals surface area contributed by atoms with Crippen LogP contribution in [0.5, 0.6) is 5.75 Å². The molecule has 8 nitrogen and oxygen atoms in total. The first-order valence-corrected chi connectivity index (χ1v) is 12.4. The molecule has 3 rings (SSSR count). The van der Waals surface area contributed by atoms with E-state index in [0.717, 1.165) is 10.4 Å². The number of halogens is 1. The molecule has 176 valence electrons. The van der Waals surface area contributed by atoms with Crippen molar-refractivity contribution in [2.75, 3.05) is 18.2 Å². The Kier molecular flexibility index (Phi) is 8.39. The highest BCUT2D eigenvalue weighted by atomic mass is 35.5. The van der Waals surface area contributed by atoms with E-state index in [1.807, 2.05) is 44.4 Å². The quantitative estimate of drug-likeness (QED) is 0.310. The molecule has 0 spiro atoms. The van der Waals surface area contributed by atoms with Crippen molar-refractivity contribution < 1.29 is 19.1 Å². The van der Waals surface area contributed by atoms with Crippen molar-refractivity contribution >= 4 is 51.6 Å². The van der Waals surface area contributed by atoms with Gasteiger partial charge in [-0.2, -0.15) is 0 Å². The average molecular weight is 509 g/mol. The lowest BCUT2D eigenvalue weighted by molar-refractivity contribution is -0.113. The Bertz CT molecular complexity index is 1160. The van der Waals surface area contributed by atoms with E-state index >= 15 is 0 Å². The predicted molar refractivity (Wildman–Crippen MR) is 131 cm³/mol. The second-order valence-corrected chi connectivity index (χ2v) is 9.72. The fraction of sp³-hybridized carbons (Fsp3) is 0.364. The van der Waals surface area contributed by atoms with E-state index in [9.17, 15) is 9.59 Å². The van der Waals surface area contributed by atoms with Gasteiger partial charge < -0.3 is 19.4 Å². The van der Waals surface area contributed by atoms with Gasteiger partial charge in [-0.15, -0.1) is 21.5 Å². The van der Waals surface area contributed by atoms with Gasteiger partial charge in [-0.3, -0.25) is 4.79 Å². The molecule has 0 radical (unpaired) electrons. The average Bonchev–Trinajstić information content (AvgIpc) is 3.32. The van der Waals surface area contributed by atoms with Gasteiger partial charge in [0.25, 0.3) is 0 Å². The number of carbonyl (C=O) groups is 2. The Morgan fingerprint density at radius 1 is 1.30 bits per heavy atom. The van der Waals surface area contributed by atoms with Crippen molar-refractivity contribution in [3.63, 3.8) is 0 Å². The van der Waals surface area contributed by atoms with Crippen molar-refractivity contribution in [3.8, 4) is 5.75 Å². The number of benzene rings is 1. The molecule has 2 aromatic heterocycles. The van der Waals surface area contributed by atoms with E-state index in [4.69, 9.17) is 21.1 Å². The number of thioether (sulfide) groups is 1. The van der Waals surface area contributed by atoms with Gasteiger partial charge in [0.1, 0.15) is 10.8 Å². The van der Waals surface area contributed by atoms with Crippen molar-refractivity contribution in [3.05, 3.63) is 51.1 Å². The van der Waals surface area contributed by atoms with Crippen LogP contribution in [0.3, 0.4) is 0 Å². The van der Waals surface area contributed by atoms with Gasteiger partial charge in [-0.25, -0.2) is 4.79 Å². The highest BCUT2D eigenvalue weighted by molar-refractivity contribution is 7.99. The number of amides is 1. The van der Waals surface area contributed by atoms with E-state index in [1.165, 1.54) is 30.2 Å². The molecule has 3 aromatic rings. The molecule has 0 bridgehead atoms. The topological polar surface area (TPSA) is 95.3 Å². The summed E-state index contributed by atoms with van der Waals surface area (Å²) in [5, 5.41) is 13.0. The molecule has 0 saturated carbocycles. The lowest BCUT2D eigenvalue weighted by Gasteiger charge is -2.15. The Morgan fingerprint density at radius 2 is 2.06 bits per heavy atom. The zero-order chi connectivity index (χ0) is 24.1. The van der Waals surface area contributed by atoms with E-state index in [2.05, 4.69) is 15.5 Å². The summed E-state index contributed by atoms with van der Waals surface area (Å²) in [4.78, 5) is 25.7. The zero-order valence-corrected chi connectivity index (χ0v) is 21.4. The van der Waals surface area contributed by atoms with Gasteiger partial charge in [0.2, 0.25) is 5.91 Å². The number of thiophene rings is 1. The van der Waals surface area contributed by atoms with Crippen LogP contribution in [-0.2, 0) is 16.1 Å². The molecule has 1 atom stereocenters. The van der Waals surface area contributed by atoms with E-state index in [-0.39, 0.29) is 17.8 Å². The van der Waals surface area contributed by atoms with Crippen LogP contribution in [-0.4, -0.2) is 39.5 Å². The third kappa shape index (κ3) is 5.87. The highest BCUT2D eigenvalue weighted by Crippen LogP contribution is 2.33. The lowest BCUT2D eigenvalue weighted by atomic mass is 10.1. The minimum absolute atomic E-state index is 0.109. The number of anilines is 1. The van der Waals surface area contributed by atoms with Gasteiger partial charge in [0, 0.05) is 16.4 Å². The minimum Gasteiger partial charge on any atom is -0.483 e. The number of carbonyl (C=O) groups excluding carboxylic acids is 2. The second kappa shape index (κ2) is 11.0. The lowest BCUT2D eigenvalue weighted by Crippen LogP contribution is -2.17. The Balaban J connectivity index is 1.67. The largest absolute Gasteiger partial charge is 0.483 e. The fourth-order valence-electron chi connectivity index (χ4n) is 3.16. The number of esters is 1. The molecule has 0 aliphatic rings. The van der Waals surface area contributed by atoms with Gasteiger partial charge >= 0.3 is 5.97 Å². The third-order valence-corrected chi connectivity index (χ3v) is 7.22. The minimum atomic E-state index is -0.469. The number of aromatic nitrogens is 3. The second-order valence-electron chi connectivity index (χ2n) is 7.12. The number of nitrogens with one attached hydrogen (secondary N) is 1. The highest BCUT2D eigenvalue weighted by Gasteiger charge is 2.23. The van der Waals surface area contributed by atoms with Crippen LogP contribution in [0, 0.1) is 13.8 Å². The predicted octanol–water partition coefficient (Wildman–Crippen LogP) is 5.29. The van der Waals surface area contributed by atoms with Gasteiger partial charge in [0.15, 0.2) is 17.1 Å². The molecular weight excluding hydrogens is 484 g/mol. The smallest absolute Gasteiger partial charge is 0.341 e. The fourth-order valence-corrected chi connectivity index (χ4v) is 5.21. The molecule has 0 fully saturated rings. The number of hydrogen-bond acceptors (Lipinski definition) is 8. The molecule has 2 heterocycles. The Morgan fingerprint density at radius 3 is 2.73 bits per heavy atom. The van der Waals surface area contributed by atoms with Crippen LogP contribution in [0.2, 0.25) is 5.02 Å². The van der Waals surface area contributed by atoms with Crippen LogP contribution in [0.25, 0.3) is 0 Å². The van der Waals surface area contributed by atoms with Crippen molar-refractivity contribution in [1.29, 1.82) is 0 Å². The summed E-state index contributed by atoms with van der Waals surface area (Å²) in [6, 6.07) is 7.16. The summed E-state index contributed by atoms with van der Waals surface area (Å²) in [5.41, 5.74) is 1.20. The van der Waals surface area contributed by atoms with Crippen molar-refractivity contribution in [2.45, 2.75) is 45.5 Å². The molecule has 0 aliphatic carbocycles. The number of methoxy groups -OCH3 is 1. The maximum Gasteiger partial charge on any atom is 0.341 e. The number of aryl methyl sites for hydroxylation is 1. The first-order valence-electron chi connectivity index (χ1n) is 10.2. The molecule has 1 aromatic carbocycles. The van der Waals surface area contributed by atoms with Crippen LogP contribution < -0.4 is 10.1 Å². The molecule has 0 saturated heterocycles. The van der Waals surface area contributed by atoms with Crippen LogP contribution in [0.4, 0.5) is 5.00 Å². The van der Waals surface area contributed by atoms with E-state index in [0.29, 0.717) is 38.9 Å². The van der Waals surface area contributed by atoms with Crippen LogP contribution in [0.15, 0.2) is 29.4 Å². The maximum atomic E-state index is 12.6. The number of nitrogens with zero attached hydrogens (tertiary/aromatic N) is 3. The van der Waals surface area contributed by atoms with Crippen molar-refractivity contribution in [2.24, 2.45) is 0 Å². The number of rotatable bonds is 9. The molecule has 0 aliphatic heterocycles.